The molecule has 2 atom stereocenters. The lowest BCUT2D eigenvalue weighted by molar-refractivity contribution is -0.141. The minimum absolute atomic E-state index is 0.0110. The molecule has 0 amide bonds. The third-order valence-electron chi connectivity index (χ3n) is 6.54. The van der Waals surface area contributed by atoms with Crippen LogP contribution in [-0.2, 0) is 11.2 Å². The van der Waals surface area contributed by atoms with E-state index in [2.05, 4.69) is 26.8 Å². The summed E-state index contributed by atoms with van der Waals surface area (Å²) >= 11 is 0. The molecule has 2 N–H and O–H groups in total. The number of hydrogen-bond acceptors (Lipinski definition) is 7. The fourth-order valence-electron chi connectivity index (χ4n) is 4.29. The van der Waals surface area contributed by atoms with Crippen LogP contribution in [0.5, 0.6) is 23.0 Å². The van der Waals surface area contributed by atoms with Crippen LogP contribution in [0.2, 0.25) is 0 Å². The van der Waals surface area contributed by atoms with Crippen LogP contribution in [0.4, 0.5) is 0 Å². The van der Waals surface area contributed by atoms with Gasteiger partial charge in [-0.05, 0) is 67.1 Å². The molecule has 7 nitrogen and oxygen atoms in total. The van der Waals surface area contributed by atoms with Crippen molar-refractivity contribution in [2.75, 3.05) is 6.61 Å². The Morgan fingerprint density at radius 2 is 1.77 bits per heavy atom. The maximum absolute atomic E-state index is 12.7. The van der Waals surface area contributed by atoms with Crippen LogP contribution in [0.15, 0.2) is 78.2 Å². The van der Waals surface area contributed by atoms with Crippen molar-refractivity contribution in [3.05, 3.63) is 94.9 Å². The van der Waals surface area contributed by atoms with E-state index in [4.69, 9.17) is 24.7 Å². The number of nitrogens with zero attached hydrogens (tertiary/aromatic N) is 1. The Balaban J connectivity index is 1.53. The average molecular weight is 527 g/mol. The Bertz CT molecular complexity index is 1390. The van der Waals surface area contributed by atoms with Crippen molar-refractivity contribution in [2.45, 2.75) is 52.6 Å². The summed E-state index contributed by atoms with van der Waals surface area (Å²) in [6.07, 6.45) is 1.04. The second kappa shape index (κ2) is 12.4. The lowest BCUT2D eigenvalue weighted by Gasteiger charge is -2.27. The average Bonchev–Trinajstić information content (AvgIpc) is 2.92. The summed E-state index contributed by atoms with van der Waals surface area (Å²) in [7, 11) is 0. The largest absolute Gasteiger partial charge is 0.494 e. The number of aryl methyl sites for hydroxylation is 1. The molecule has 0 aromatic heterocycles. The van der Waals surface area contributed by atoms with Crippen LogP contribution >= 0.6 is 0 Å². The summed E-state index contributed by atoms with van der Waals surface area (Å²) in [5.74, 6) is 1.56. The van der Waals surface area contributed by atoms with Crippen LogP contribution in [0.3, 0.4) is 0 Å². The minimum atomic E-state index is -0.823. The number of carbonyl (C=O) groups is 1. The zero-order valence-electron chi connectivity index (χ0n) is 22.8. The first-order chi connectivity index (χ1) is 18.8. The molecule has 0 bridgehead atoms. The fourth-order valence-corrected chi connectivity index (χ4v) is 4.29. The number of rotatable bonds is 10. The van der Waals surface area contributed by atoms with Crippen molar-refractivity contribution < 1.29 is 23.7 Å². The third-order valence-corrected chi connectivity index (χ3v) is 6.54. The summed E-state index contributed by atoms with van der Waals surface area (Å²) in [6.45, 7) is 8.61. The Morgan fingerprint density at radius 1 is 1.03 bits per heavy atom. The summed E-state index contributed by atoms with van der Waals surface area (Å²) < 4.78 is 23.1. The Kier molecular flexibility index (Phi) is 8.77. The van der Waals surface area contributed by atoms with Crippen LogP contribution in [0.25, 0.3) is 0 Å². The highest BCUT2D eigenvalue weighted by Gasteiger charge is 2.31. The van der Waals surface area contributed by atoms with Gasteiger partial charge >= 0.3 is 5.97 Å². The first kappa shape index (κ1) is 27.6. The molecule has 2 unspecified atom stereocenters. The molecule has 3 aromatic carbocycles. The van der Waals surface area contributed by atoms with Gasteiger partial charge in [-0.1, -0.05) is 51.1 Å². The van der Waals surface area contributed by atoms with Crippen molar-refractivity contribution in [3.63, 3.8) is 0 Å². The van der Waals surface area contributed by atoms with Crippen LogP contribution in [0, 0.1) is 17.2 Å². The SMILES string of the molecule is CCc1ccc(OC(C)C(=O)Oc2ccc3c(c2)OC(N)=C(C#N)C3c2cccc(OCCC(C)C)c2)cc1. The van der Waals surface area contributed by atoms with Gasteiger partial charge in [-0.15, -0.1) is 0 Å². The number of hydrogen-bond donors (Lipinski definition) is 1. The third kappa shape index (κ3) is 6.71. The topological polar surface area (TPSA) is 104 Å². The van der Waals surface area contributed by atoms with Gasteiger partial charge in [-0.2, -0.15) is 5.26 Å². The van der Waals surface area contributed by atoms with E-state index in [1.807, 2.05) is 48.5 Å². The highest BCUT2D eigenvalue weighted by Crippen LogP contribution is 2.44. The molecule has 7 heteroatoms. The maximum Gasteiger partial charge on any atom is 0.352 e. The van der Waals surface area contributed by atoms with E-state index in [0.717, 1.165) is 29.7 Å². The molecule has 1 heterocycles. The number of nitrogens with two attached hydrogens (primary N) is 1. The standard InChI is InChI=1S/C32H34N2O5/c1-5-22-9-11-24(12-10-22)37-21(4)32(35)38-26-13-14-27-29(18-26)39-31(34)28(19-33)30(27)23-7-6-8-25(17-23)36-16-15-20(2)3/h6-14,17-18,20-21,30H,5,15-16,34H2,1-4H3. The van der Waals surface area contributed by atoms with Gasteiger partial charge in [0.25, 0.3) is 0 Å². The van der Waals surface area contributed by atoms with E-state index in [1.165, 1.54) is 5.56 Å². The number of fused-ring (bicyclic) bond motifs is 1. The monoisotopic (exact) mass is 526 g/mol. The molecule has 0 radical (unpaired) electrons. The van der Waals surface area contributed by atoms with Gasteiger partial charge in [0.2, 0.25) is 5.88 Å². The highest BCUT2D eigenvalue weighted by atomic mass is 16.6. The number of nitriles is 1. The van der Waals surface area contributed by atoms with E-state index in [0.29, 0.717) is 29.6 Å². The molecule has 0 fully saturated rings. The molecule has 0 saturated carbocycles. The molecule has 3 aromatic rings. The van der Waals surface area contributed by atoms with Crippen LogP contribution in [0.1, 0.15) is 56.7 Å². The van der Waals surface area contributed by atoms with Crippen molar-refractivity contribution >= 4 is 5.97 Å². The van der Waals surface area contributed by atoms with Gasteiger partial charge < -0.3 is 24.7 Å². The molecular weight excluding hydrogens is 492 g/mol. The van der Waals surface area contributed by atoms with Gasteiger partial charge in [-0.25, -0.2) is 4.79 Å². The smallest absolute Gasteiger partial charge is 0.352 e. The first-order valence-electron chi connectivity index (χ1n) is 13.2. The summed E-state index contributed by atoms with van der Waals surface area (Å²) in [6, 6.07) is 22.5. The predicted molar refractivity (Wildman–Crippen MR) is 149 cm³/mol. The van der Waals surface area contributed by atoms with Gasteiger partial charge in [0, 0.05) is 11.6 Å². The van der Waals surface area contributed by atoms with E-state index < -0.39 is 18.0 Å². The van der Waals surface area contributed by atoms with Crippen LogP contribution in [-0.4, -0.2) is 18.7 Å². The second-order valence-electron chi connectivity index (χ2n) is 9.91. The van der Waals surface area contributed by atoms with Crippen molar-refractivity contribution in [1.82, 2.24) is 0 Å². The summed E-state index contributed by atoms with van der Waals surface area (Å²) in [5, 5.41) is 9.89. The van der Waals surface area contributed by atoms with Gasteiger partial charge in [0.1, 0.15) is 34.6 Å². The highest BCUT2D eigenvalue weighted by molar-refractivity contribution is 5.77. The lowest BCUT2D eigenvalue weighted by atomic mass is 9.83. The van der Waals surface area contributed by atoms with Crippen molar-refractivity contribution in [2.24, 2.45) is 11.7 Å². The Morgan fingerprint density at radius 3 is 2.46 bits per heavy atom. The quantitative estimate of drug-likeness (QED) is 0.245. The number of ether oxygens (including phenoxy) is 4. The number of esters is 1. The molecule has 4 rings (SSSR count). The Labute approximate surface area is 229 Å². The number of carbonyl (C=O) groups excluding carboxylic acids is 1. The van der Waals surface area contributed by atoms with Crippen molar-refractivity contribution in [1.29, 1.82) is 5.26 Å². The molecule has 0 saturated heterocycles. The maximum atomic E-state index is 12.7. The fraction of sp³-hybridized carbons (Fsp3) is 0.312. The normalized spacial score (nSPS) is 15.1. The zero-order chi connectivity index (χ0) is 27.9. The van der Waals surface area contributed by atoms with Gasteiger partial charge in [-0.3, -0.25) is 0 Å². The van der Waals surface area contributed by atoms with Gasteiger partial charge in [0.05, 0.1) is 12.5 Å². The second-order valence-corrected chi connectivity index (χ2v) is 9.91. The number of allylic oxidation sites excluding steroid dienone is 1. The molecule has 0 aliphatic carbocycles. The molecule has 1 aliphatic heterocycles. The molecule has 39 heavy (non-hydrogen) atoms. The van der Waals surface area contributed by atoms with Crippen LogP contribution < -0.4 is 24.7 Å². The molecule has 1 aliphatic rings. The zero-order valence-corrected chi connectivity index (χ0v) is 22.8. The van der Waals surface area contributed by atoms with Crippen molar-refractivity contribution in [3.8, 4) is 29.1 Å². The molecular formula is C32H34N2O5. The minimum Gasteiger partial charge on any atom is -0.494 e. The molecule has 0 spiro atoms. The van der Waals surface area contributed by atoms with Gasteiger partial charge in [0.15, 0.2) is 6.10 Å². The lowest BCUT2D eigenvalue weighted by Crippen LogP contribution is -2.28. The van der Waals surface area contributed by atoms with E-state index in [9.17, 15) is 10.1 Å². The molecule has 202 valence electrons. The predicted octanol–water partition coefficient (Wildman–Crippen LogP) is 6.26. The first-order valence-corrected chi connectivity index (χ1v) is 13.2. The van der Waals surface area contributed by atoms with E-state index >= 15 is 0 Å². The Hall–Kier alpha value is -4.44. The summed E-state index contributed by atoms with van der Waals surface area (Å²) in [5.41, 5.74) is 9.24. The van der Waals surface area contributed by atoms with E-state index in [-0.39, 0.29) is 11.6 Å². The summed E-state index contributed by atoms with van der Waals surface area (Å²) in [4.78, 5) is 12.7. The van der Waals surface area contributed by atoms with E-state index in [1.54, 1.807) is 25.1 Å². The number of benzene rings is 3.